The number of nitrogens with zero attached hydrogens (tertiary/aromatic N) is 3. The molecule has 0 aliphatic heterocycles. The van der Waals surface area contributed by atoms with Crippen molar-refractivity contribution in [2.75, 3.05) is 6.54 Å². The molecule has 1 aliphatic rings. The van der Waals surface area contributed by atoms with Gasteiger partial charge in [-0.3, -0.25) is 4.98 Å². The van der Waals surface area contributed by atoms with Gasteiger partial charge in [0.15, 0.2) is 10.2 Å². The fourth-order valence-corrected chi connectivity index (χ4v) is 4.26. The SMILES string of the molecule is O=CC(CNC1CCCC1)Sc1nc(-c2cccnc2)ns1. The molecule has 2 aromatic heterocycles. The number of nitrogens with one attached hydrogen (secondary N) is 1. The van der Waals surface area contributed by atoms with E-state index in [0.717, 1.165) is 16.2 Å². The first kappa shape index (κ1) is 15.6. The Hall–Kier alpha value is -1.31. The summed E-state index contributed by atoms with van der Waals surface area (Å²) in [5, 5.41) is 3.37. The number of carbonyl (C=O) groups is 1. The smallest absolute Gasteiger partial charge is 0.175 e. The molecule has 7 heteroatoms. The van der Waals surface area contributed by atoms with Gasteiger partial charge in [0, 0.05) is 30.5 Å². The number of hydrogen-bond acceptors (Lipinski definition) is 7. The van der Waals surface area contributed by atoms with Crippen molar-refractivity contribution in [1.82, 2.24) is 19.7 Å². The van der Waals surface area contributed by atoms with Crippen LogP contribution < -0.4 is 5.32 Å². The van der Waals surface area contributed by atoms with Gasteiger partial charge in [-0.05, 0) is 36.5 Å². The summed E-state index contributed by atoms with van der Waals surface area (Å²) in [6.45, 7) is 0.695. The molecule has 116 valence electrons. The van der Waals surface area contributed by atoms with E-state index < -0.39 is 0 Å². The molecule has 1 unspecified atom stereocenters. The predicted molar refractivity (Wildman–Crippen MR) is 89.1 cm³/mol. The molecule has 0 spiro atoms. The third-order valence-electron chi connectivity index (χ3n) is 3.69. The Labute approximate surface area is 138 Å². The van der Waals surface area contributed by atoms with E-state index in [9.17, 15) is 4.79 Å². The summed E-state index contributed by atoms with van der Waals surface area (Å²) in [6, 6.07) is 4.37. The van der Waals surface area contributed by atoms with Crippen LogP contribution in [0.25, 0.3) is 11.4 Å². The van der Waals surface area contributed by atoms with Gasteiger partial charge in [0.05, 0.1) is 5.25 Å². The van der Waals surface area contributed by atoms with Crippen molar-refractivity contribution in [2.45, 2.75) is 41.3 Å². The van der Waals surface area contributed by atoms with Crippen molar-refractivity contribution in [3.05, 3.63) is 24.5 Å². The normalized spacial score (nSPS) is 16.7. The summed E-state index contributed by atoms with van der Waals surface area (Å²) in [4.78, 5) is 19.8. The molecule has 1 aliphatic carbocycles. The first-order valence-electron chi connectivity index (χ1n) is 7.44. The lowest BCUT2D eigenvalue weighted by atomic mass is 10.2. The van der Waals surface area contributed by atoms with Crippen molar-refractivity contribution in [2.24, 2.45) is 0 Å². The van der Waals surface area contributed by atoms with Crippen LogP contribution in [0, 0.1) is 0 Å². The summed E-state index contributed by atoms with van der Waals surface area (Å²) >= 11 is 2.82. The highest BCUT2D eigenvalue weighted by atomic mass is 32.2. The Bertz CT molecular complexity index is 599. The highest BCUT2D eigenvalue weighted by Crippen LogP contribution is 2.27. The van der Waals surface area contributed by atoms with Crippen molar-refractivity contribution in [3.63, 3.8) is 0 Å². The molecule has 1 saturated carbocycles. The van der Waals surface area contributed by atoms with Crippen molar-refractivity contribution in [1.29, 1.82) is 0 Å². The summed E-state index contributed by atoms with van der Waals surface area (Å²) in [5.74, 6) is 0.675. The molecule has 0 radical (unpaired) electrons. The van der Waals surface area contributed by atoms with E-state index in [0.29, 0.717) is 18.4 Å². The van der Waals surface area contributed by atoms with Gasteiger partial charge in [-0.15, -0.1) is 0 Å². The highest BCUT2D eigenvalue weighted by molar-refractivity contribution is 8.02. The minimum absolute atomic E-state index is 0.115. The monoisotopic (exact) mass is 334 g/mol. The molecule has 0 aromatic carbocycles. The van der Waals surface area contributed by atoms with Crippen LogP contribution in [0.15, 0.2) is 28.9 Å². The van der Waals surface area contributed by atoms with Gasteiger partial charge >= 0.3 is 0 Å². The summed E-state index contributed by atoms with van der Waals surface area (Å²) in [6.07, 6.45) is 9.50. The summed E-state index contributed by atoms with van der Waals surface area (Å²) in [7, 11) is 0. The minimum atomic E-state index is -0.115. The first-order chi connectivity index (χ1) is 10.8. The molecule has 1 atom stereocenters. The van der Waals surface area contributed by atoms with Gasteiger partial charge in [-0.25, -0.2) is 4.98 Å². The fourth-order valence-electron chi connectivity index (χ4n) is 2.53. The quantitative estimate of drug-likeness (QED) is 0.620. The Morgan fingerprint density at radius 1 is 1.45 bits per heavy atom. The van der Waals surface area contributed by atoms with E-state index in [1.807, 2.05) is 12.1 Å². The van der Waals surface area contributed by atoms with Crippen LogP contribution >= 0.6 is 23.3 Å². The Balaban J connectivity index is 1.57. The second kappa shape index (κ2) is 7.80. The van der Waals surface area contributed by atoms with Crippen molar-refractivity contribution in [3.8, 4) is 11.4 Å². The zero-order valence-corrected chi connectivity index (χ0v) is 13.8. The average Bonchev–Trinajstić information content (AvgIpc) is 3.24. The molecule has 22 heavy (non-hydrogen) atoms. The standard InChI is InChI=1S/C15H18N4OS2/c20-10-13(9-17-12-5-1-2-6-12)21-15-18-14(19-22-15)11-4-3-7-16-8-11/h3-4,7-8,10,12-13,17H,1-2,5-6,9H2. The number of hydrogen-bond donors (Lipinski definition) is 1. The Kier molecular flexibility index (Phi) is 5.53. The third-order valence-corrected chi connectivity index (χ3v) is 5.59. The molecule has 2 heterocycles. The topological polar surface area (TPSA) is 67.8 Å². The van der Waals surface area contributed by atoms with Crippen LogP contribution in [0.2, 0.25) is 0 Å². The minimum Gasteiger partial charge on any atom is -0.312 e. The molecule has 0 bridgehead atoms. The fraction of sp³-hybridized carbons (Fsp3) is 0.467. The maximum Gasteiger partial charge on any atom is 0.175 e. The van der Waals surface area contributed by atoms with Gasteiger partial charge in [-0.1, -0.05) is 24.6 Å². The number of aromatic nitrogens is 3. The zero-order valence-electron chi connectivity index (χ0n) is 12.1. The van der Waals surface area contributed by atoms with E-state index >= 15 is 0 Å². The molecule has 0 saturated heterocycles. The van der Waals surface area contributed by atoms with Crippen LogP contribution in [0.5, 0.6) is 0 Å². The maximum atomic E-state index is 11.3. The molecule has 2 aromatic rings. The summed E-state index contributed by atoms with van der Waals surface area (Å²) < 4.78 is 5.17. The van der Waals surface area contributed by atoms with E-state index in [2.05, 4.69) is 19.7 Å². The number of pyridine rings is 1. The van der Waals surface area contributed by atoms with Gasteiger partial charge in [-0.2, -0.15) is 4.37 Å². The van der Waals surface area contributed by atoms with Crippen LogP contribution in [0.4, 0.5) is 0 Å². The Morgan fingerprint density at radius 3 is 3.05 bits per heavy atom. The lowest BCUT2D eigenvalue weighted by Crippen LogP contribution is -2.33. The van der Waals surface area contributed by atoms with Gasteiger partial charge in [0.1, 0.15) is 6.29 Å². The van der Waals surface area contributed by atoms with E-state index in [1.165, 1.54) is 49.0 Å². The second-order valence-corrected chi connectivity index (χ2v) is 7.55. The van der Waals surface area contributed by atoms with Crippen molar-refractivity contribution < 1.29 is 4.79 Å². The van der Waals surface area contributed by atoms with E-state index in [4.69, 9.17) is 0 Å². The van der Waals surface area contributed by atoms with Crippen LogP contribution in [0.1, 0.15) is 25.7 Å². The largest absolute Gasteiger partial charge is 0.312 e. The molecule has 1 N–H and O–H groups in total. The number of aldehydes is 1. The second-order valence-electron chi connectivity index (χ2n) is 5.31. The van der Waals surface area contributed by atoms with Crippen LogP contribution in [0.3, 0.4) is 0 Å². The van der Waals surface area contributed by atoms with E-state index in [1.54, 1.807) is 12.4 Å². The van der Waals surface area contributed by atoms with Crippen LogP contribution in [-0.4, -0.2) is 38.5 Å². The van der Waals surface area contributed by atoms with E-state index in [-0.39, 0.29) is 5.25 Å². The zero-order chi connectivity index (χ0) is 15.2. The average molecular weight is 334 g/mol. The maximum absolute atomic E-state index is 11.3. The number of rotatable bonds is 7. The highest BCUT2D eigenvalue weighted by Gasteiger charge is 2.18. The van der Waals surface area contributed by atoms with Gasteiger partial charge in [0.2, 0.25) is 0 Å². The Morgan fingerprint density at radius 2 is 2.32 bits per heavy atom. The number of thioether (sulfide) groups is 1. The molecular weight excluding hydrogens is 316 g/mol. The predicted octanol–water partition coefficient (Wildman–Crippen LogP) is 2.79. The molecule has 0 amide bonds. The number of carbonyl (C=O) groups excluding carboxylic acids is 1. The van der Waals surface area contributed by atoms with Gasteiger partial charge in [0.25, 0.3) is 0 Å². The van der Waals surface area contributed by atoms with Crippen molar-refractivity contribution >= 4 is 29.6 Å². The van der Waals surface area contributed by atoms with Gasteiger partial charge < -0.3 is 10.1 Å². The van der Waals surface area contributed by atoms with Crippen LogP contribution in [-0.2, 0) is 4.79 Å². The molecular formula is C15H18N4OS2. The lowest BCUT2D eigenvalue weighted by molar-refractivity contribution is -0.107. The molecule has 3 rings (SSSR count). The molecule has 1 fully saturated rings. The summed E-state index contributed by atoms with van der Waals surface area (Å²) in [5.41, 5.74) is 0.900. The molecule has 5 nitrogen and oxygen atoms in total. The third kappa shape index (κ3) is 4.12. The first-order valence-corrected chi connectivity index (χ1v) is 9.10. The lowest BCUT2D eigenvalue weighted by Gasteiger charge is -2.14.